The Labute approximate surface area is 82.3 Å². The second-order valence-electron chi connectivity index (χ2n) is 2.87. The first-order valence-electron chi connectivity index (χ1n) is 4.30. The van der Waals surface area contributed by atoms with Gasteiger partial charge in [-0.2, -0.15) is 0 Å². The first kappa shape index (κ1) is 10.5. The van der Waals surface area contributed by atoms with Crippen LogP contribution < -0.4 is 10.5 Å². The van der Waals surface area contributed by atoms with E-state index in [4.69, 9.17) is 15.6 Å². The van der Waals surface area contributed by atoms with Gasteiger partial charge in [-0.05, 0) is 19.1 Å². The van der Waals surface area contributed by atoms with E-state index < -0.39 is 5.91 Å². The van der Waals surface area contributed by atoms with Crippen molar-refractivity contribution in [1.29, 1.82) is 0 Å². The Kier molecular flexibility index (Phi) is 3.48. The molecule has 3 N–H and O–H groups in total. The second kappa shape index (κ2) is 4.62. The number of hydrogen-bond acceptors (Lipinski definition) is 3. The monoisotopic (exact) mass is 195 g/mol. The summed E-state index contributed by atoms with van der Waals surface area (Å²) in [7, 11) is 0. The van der Waals surface area contributed by atoms with Crippen molar-refractivity contribution in [2.45, 2.75) is 6.92 Å². The molecule has 0 atom stereocenters. The summed E-state index contributed by atoms with van der Waals surface area (Å²) in [4.78, 5) is 11.0. The van der Waals surface area contributed by atoms with Crippen LogP contribution in [0.2, 0.25) is 0 Å². The molecule has 4 heteroatoms. The fourth-order valence-corrected chi connectivity index (χ4v) is 1.19. The van der Waals surface area contributed by atoms with Crippen molar-refractivity contribution >= 4 is 5.91 Å². The predicted molar refractivity (Wildman–Crippen MR) is 52.3 cm³/mol. The number of aliphatic hydroxyl groups excluding tert-OH is 1. The van der Waals surface area contributed by atoms with E-state index in [1.165, 1.54) is 0 Å². The lowest BCUT2D eigenvalue weighted by Crippen LogP contribution is -2.13. The highest BCUT2D eigenvalue weighted by Gasteiger charge is 2.08. The summed E-state index contributed by atoms with van der Waals surface area (Å²) in [5.74, 6) is 0.104. The van der Waals surface area contributed by atoms with Gasteiger partial charge in [0.05, 0.1) is 6.61 Å². The van der Waals surface area contributed by atoms with E-state index in [-0.39, 0.29) is 13.2 Å². The maximum absolute atomic E-state index is 11.0. The summed E-state index contributed by atoms with van der Waals surface area (Å²) >= 11 is 0. The van der Waals surface area contributed by atoms with Crippen molar-refractivity contribution < 1.29 is 14.6 Å². The number of carbonyl (C=O) groups is 1. The van der Waals surface area contributed by atoms with Gasteiger partial charge in [-0.1, -0.05) is 6.07 Å². The van der Waals surface area contributed by atoms with Gasteiger partial charge in [0.1, 0.15) is 12.4 Å². The third-order valence-corrected chi connectivity index (χ3v) is 1.90. The summed E-state index contributed by atoms with van der Waals surface area (Å²) in [5.41, 5.74) is 6.32. The topological polar surface area (TPSA) is 72.6 Å². The molecular weight excluding hydrogens is 182 g/mol. The number of rotatable bonds is 4. The molecule has 0 aliphatic heterocycles. The smallest absolute Gasteiger partial charge is 0.249 e. The van der Waals surface area contributed by atoms with E-state index in [1.807, 2.05) is 0 Å². The minimum Gasteiger partial charge on any atom is -0.491 e. The van der Waals surface area contributed by atoms with Gasteiger partial charge in [0, 0.05) is 11.1 Å². The zero-order valence-electron chi connectivity index (χ0n) is 7.99. The number of primary amides is 1. The molecule has 1 amide bonds. The van der Waals surface area contributed by atoms with Crippen molar-refractivity contribution in [2.75, 3.05) is 13.2 Å². The van der Waals surface area contributed by atoms with Crippen molar-refractivity contribution in [3.05, 3.63) is 29.3 Å². The van der Waals surface area contributed by atoms with Gasteiger partial charge in [0.2, 0.25) is 5.91 Å². The predicted octanol–water partition coefficient (Wildman–Crippen LogP) is 0.465. The van der Waals surface area contributed by atoms with E-state index >= 15 is 0 Å². The highest BCUT2D eigenvalue weighted by Crippen LogP contribution is 2.20. The van der Waals surface area contributed by atoms with E-state index in [1.54, 1.807) is 25.1 Å². The van der Waals surface area contributed by atoms with Crippen LogP contribution in [-0.4, -0.2) is 24.2 Å². The molecule has 0 saturated heterocycles. The molecule has 0 aromatic heterocycles. The van der Waals surface area contributed by atoms with Crippen LogP contribution in [0.4, 0.5) is 0 Å². The van der Waals surface area contributed by atoms with Gasteiger partial charge < -0.3 is 15.6 Å². The summed E-state index contributed by atoms with van der Waals surface area (Å²) in [6, 6.07) is 5.07. The van der Waals surface area contributed by atoms with Crippen LogP contribution in [-0.2, 0) is 0 Å². The maximum Gasteiger partial charge on any atom is 0.249 e. The Morgan fingerprint density at radius 2 is 2.29 bits per heavy atom. The normalized spacial score (nSPS) is 9.86. The Morgan fingerprint density at radius 3 is 2.86 bits per heavy atom. The standard InChI is InChI=1S/C10H13NO3/c1-7-8(10(11)13)3-2-4-9(7)14-6-5-12/h2-4,12H,5-6H2,1H3,(H2,11,13). The van der Waals surface area contributed by atoms with Gasteiger partial charge >= 0.3 is 0 Å². The average molecular weight is 195 g/mol. The molecule has 0 radical (unpaired) electrons. The van der Waals surface area contributed by atoms with E-state index in [2.05, 4.69) is 0 Å². The van der Waals surface area contributed by atoms with Crippen LogP contribution in [0.1, 0.15) is 15.9 Å². The zero-order chi connectivity index (χ0) is 10.6. The Hall–Kier alpha value is -1.55. The van der Waals surface area contributed by atoms with E-state index in [0.717, 1.165) is 0 Å². The van der Waals surface area contributed by atoms with Crippen molar-refractivity contribution in [2.24, 2.45) is 5.73 Å². The number of nitrogens with two attached hydrogens (primary N) is 1. The van der Waals surface area contributed by atoms with Crippen molar-refractivity contribution in [3.8, 4) is 5.75 Å². The van der Waals surface area contributed by atoms with Crippen molar-refractivity contribution in [3.63, 3.8) is 0 Å². The highest BCUT2D eigenvalue weighted by atomic mass is 16.5. The Bertz CT molecular complexity index is 336. The lowest BCUT2D eigenvalue weighted by Gasteiger charge is -2.09. The first-order valence-corrected chi connectivity index (χ1v) is 4.30. The van der Waals surface area contributed by atoms with Crippen LogP contribution in [0.25, 0.3) is 0 Å². The maximum atomic E-state index is 11.0. The molecule has 1 aromatic carbocycles. The quantitative estimate of drug-likeness (QED) is 0.733. The third-order valence-electron chi connectivity index (χ3n) is 1.90. The summed E-state index contributed by atoms with van der Waals surface area (Å²) in [6.45, 7) is 1.91. The fraction of sp³-hybridized carbons (Fsp3) is 0.300. The Balaban J connectivity index is 2.95. The lowest BCUT2D eigenvalue weighted by molar-refractivity contribution is 0.0999. The van der Waals surface area contributed by atoms with Crippen LogP contribution in [0.5, 0.6) is 5.75 Å². The molecule has 0 bridgehead atoms. The molecule has 0 aliphatic carbocycles. The number of benzene rings is 1. The highest BCUT2D eigenvalue weighted by molar-refractivity contribution is 5.94. The first-order chi connectivity index (χ1) is 6.66. The van der Waals surface area contributed by atoms with Crippen LogP contribution in [0.3, 0.4) is 0 Å². The number of hydrogen-bond donors (Lipinski definition) is 2. The molecular formula is C10H13NO3. The number of aliphatic hydroxyl groups is 1. The van der Waals surface area contributed by atoms with Gasteiger partial charge in [-0.15, -0.1) is 0 Å². The molecule has 0 saturated carbocycles. The van der Waals surface area contributed by atoms with Crippen LogP contribution in [0.15, 0.2) is 18.2 Å². The SMILES string of the molecule is Cc1c(OCCO)cccc1C(N)=O. The molecule has 4 nitrogen and oxygen atoms in total. The lowest BCUT2D eigenvalue weighted by atomic mass is 10.1. The summed E-state index contributed by atoms with van der Waals surface area (Å²) in [5, 5.41) is 8.58. The van der Waals surface area contributed by atoms with E-state index in [0.29, 0.717) is 16.9 Å². The molecule has 14 heavy (non-hydrogen) atoms. The molecule has 0 aliphatic rings. The third kappa shape index (κ3) is 2.23. The summed E-state index contributed by atoms with van der Waals surface area (Å²) < 4.78 is 5.22. The van der Waals surface area contributed by atoms with Crippen LogP contribution >= 0.6 is 0 Å². The van der Waals surface area contributed by atoms with Gasteiger partial charge in [-0.3, -0.25) is 4.79 Å². The minimum atomic E-state index is -0.475. The fourth-order valence-electron chi connectivity index (χ4n) is 1.19. The van der Waals surface area contributed by atoms with Gasteiger partial charge in [0.15, 0.2) is 0 Å². The van der Waals surface area contributed by atoms with Crippen molar-refractivity contribution in [1.82, 2.24) is 0 Å². The molecule has 0 spiro atoms. The van der Waals surface area contributed by atoms with Gasteiger partial charge in [0.25, 0.3) is 0 Å². The molecule has 0 fully saturated rings. The second-order valence-corrected chi connectivity index (χ2v) is 2.87. The number of ether oxygens (including phenoxy) is 1. The number of carbonyl (C=O) groups excluding carboxylic acids is 1. The minimum absolute atomic E-state index is 0.0553. The summed E-state index contributed by atoms with van der Waals surface area (Å²) in [6.07, 6.45) is 0. The molecule has 0 unspecified atom stereocenters. The van der Waals surface area contributed by atoms with Crippen LogP contribution in [0, 0.1) is 6.92 Å². The zero-order valence-corrected chi connectivity index (χ0v) is 7.99. The number of amides is 1. The van der Waals surface area contributed by atoms with E-state index in [9.17, 15) is 4.79 Å². The molecule has 0 heterocycles. The largest absolute Gasteiger partial charge is 0.491 e. The average Bonchev–Trinajstić information content (AvgIpc) is 2.16. The Morgan fingerprint density at radius 1 is 1.57 bits per heavy atom. The van der Waals surface area contributed by atoms with Gasteiger partial charge in [-0.25, -0.2) is 0 Å². The molecule has 1 aromatic rings. The molecule has 76 valence electrons. The molecule has 1 rings (SSSR count).